The van der Waals surface area contributed by atoms with Crippen LogP contribution in [0.5, 0.6) is 0 Å². The lowest BCUT2D eigenvalue weighted by Gasteiger charge is -2.14. The van der Waals surface area contributed by atoms with Crippen LogP contribution in [-0.4, -0.2) is 48.9 Å². The van der Waals surface area contributed by atoms with E-state index >= 15 is 0 Å². The van der Waals surface area contributed by atoms with Gasteiger partial charge in [0.2, 0.25) is 5.91 Å². The number of nitrogens with one attached hydrogen (secondary N) is 2. The molecule has 0 unspecified atom stereocenters. The molecule has 0 saturated carbocycles. The third-order valence-corrected chi connectivity index (χ3v) is 3.80. The number of likely N-dealkylation sites (tertiary alicyclic amines) is 1. The summed E-state index contributed by atoms with van der Waals surface area (Å²) in [5.74, 6) is 2.28. The molecule has 1 amide bonds. The van der Waals surface area contributed by atoms with Crippen molar-refractivity contribution in [2.75, 3.05) is 18.4 Å². The maximum absolute atomic E-state index is 11.0. The molecule has 0 aromatic carbocycles. The summed E-state index contributed by atoms with van der Waals surface area (Å²) in [6.07, 6.45) is 3.80. The molecule has 1 atom stereocenters. The van der Waals surface area contributed by atoms with Gasteiger partial charge in [0.25, 0.3) is 0 Å². The number of rotatable bonds is 5. The maximum atomic E-state index is 11.0. The molecule has 3 heterocycles. The lowest BCUT2D eigenvalue weighted by Crippen LogP contribution is -2.22. The molecule has 0 radical (unpaired) electrons. The monoisotopic (exact) mass is 303 g/mol. The van der Waals surface area contributed by atoms with Gasteiger partial charge in [0.05, 0.1) is 12.6 Å². The second-order valence-electron chi connectivity index (χ2n) is 5.59. The molecule has 0 spiro atoms. The molecule has 8 heteroatoms. The van der Waals surface area contributed by atoms with Gasteiger partial charge in [-0.1, -0.05) is 6.92 Å². The summed E-state index contributed by atoms with van der Waals surface area (Å²) in [6, 6.07) is 2.16. The van der Waals surface area contributed by atoms with Crippen LogP contribution in [0.2, 0.25) is 0 Å². The van der Waals surface area contributed by atoms with Crippen LogP contribution in [0.4, 0.5) is 5.82 Å². The Hall–Kier alpha value is -2.22. The predicted octanol–water partition coefficient (Wildman–Crippen LogP) is 0.969. The zero-order chi connectivity index (χ0) is 15.5. The summed E-state index contributed by atoms with van der Waals surface area (Å²) in [5.41, 5.74) is 0. The highest BCUT2D eigenvalue weighted by atomic mass is 16.1. The van der Waals surface area contributed by atoms with E-state index in [9.17, 15) is 4.79 Å². The van der Waals surface area contributed by atoms with Crippen LogP contribution in [0.1, 0.15) is 38.0 Å². The number of aryl methyl sites for hydroxylation is 1. The van der Waals surface area contributed by atoms with Gasteiger partial charge in [0.1, 0.15) is 11.6 Å². The molecule has 1 saturated heterocycles. The Balaban J connectivity index is 1.57. The van der Waals surface area contributed by atoms with Crippen LogP contribution in [0.15, 0.2) is 12.3 Å². The molecule has 0 bridgehead atoms. The van der Waals surface area contributed by atoms with Crippen molar-refractivity contribution in [1.82, 2.24) is 29.9 Å². The number of aromatic nitrogens is 5. The van der Waals surface area contributed by atoms with Crippen molar-refractivity contribution in [3.8, 4) is 0 Å². The molecule has 3 rings (SSSR count). The Morgan fingerprint density at radius 3 is 3.14 bits per heavy atom. The van der Waals surface area contributed by atoms with E-state index in [1.54, 1.807) is 0 Å². The third kappa shape index (κ3) is 3.33. The van der Waals surface area contributed by atoms with Gasteiger partial charge >= 0.3 is 0 Å². The molecular formula is C14H21N7O. The van der Waals surface area contributed by atoms with Crippen molar-refractivity contribution in [3.05, 3.63) is 23.9 Å². The number of anilines is 1. The van der Waals surface area contributed by atoms with E-state index in [0.717, 1.165) is 44.1 Å². The minimum absolute atomic E-state index is 0.102. The number of aromatic amines is 1. The van der Waals surface area contributed by atoms with E-state index in [1.165, 1.54) is 6.92 Å². The fraction of sp³-hybridized carbons (Fsp3) is 0.571. The van der Waals surface area contributed by atoms with Gasteiger partial charge in [0, 0.05) is 38.7 Å². The second-order valence-corrected chi connectivity index (χ2v) is 5.59. The average Bonchev–Trinajstić information content (AvgIpc) is 3.18. The Morgan fingerprint density at radius 2 is 2.41 bits per heavy atom. The van der Waals surface area contributed by atoms with Gasteiger partial charge < -0.3 is 5.32 Å². The first kappa shape index (κ1) is 14.7. The van der Waals surface area contributed by atoms with E-state index < -0.39 is 0 Å². The minimum atomic E-state index is -0.102. The first-order chi connectivity index (χ1) is 10.6. The molecule has 1 fully saturated rings. The molecule has 2 aromatic rings. The summed E-state index contributed by atoms with van der Waals surface area (Å²) in [6.45, 7) is 6.23. The van der Waals surface area contributed by atoms with E-state index in [1.807, 2.05) is 23.9 Å². The van der Waals surface area contributed by atoms with Crippen LogP contribution >= 0.6 is 0 Å². The van der Waals surface area contributed by atoms with Crippen LogP contribution in [-0.2, 0) is 17.8 Å². The predicted molar refractivity (Wildman–Crippen MR) is 81.2 cm³/mol. The number of carbonyl (C=O) groups is 1. The molecule has 1 aliphatic heterocycles. The smallest absolute Gasteiger partial charge is 0.222 e. The minimum Gasteiger partial charge on any atom is -0.309 e. The fourth-order valence-electron chi connectivity index (χ4n) is 2.74. The van der Waals surface area contributed by atoms with Crippen LogP contribution in [0, 0.1) is 0 Å². The van der Waals surface area contributed by atoms with Crippen molar-refractivity contribution < 1.29 is 4.79 Å². The first-order valence-corrected chi connectivity index (χ1v) is 7.59. The average molecular weight is 303 g/mol. The number of carbonyl (C=O) groups excluding carboxylic acids is 1. The van der Waals surface area contributed by atoms with Crippen molar-refractivity contribution in [3.63, 3.8) is 0 Å². The van der Waals surface area contributed by atoms with Gasteiger partial charge in [-0.05, 0) is 6.42 Å². The standard InChI is InChI=1S/C14H21N7O/c1-3-12-16-14(18-17-12)9-20-6-4-11(8-20)21-7-5-13(19-21)15-10(2)22/h5,7,11H,3-4,6,8-9H2,1-2H3,(H,15,19,22)(H,16,17,18)/t11-/m0/s1. The molecule has 2 aromatic heterocycles. The Bertz CT molecular complexity index is 647. The highest BCUT2D eigenvalue weighted by Crippen LogP contribution is 2.22. The summed E-state index contributed by atoms with van der Waals surface area (Å²) in [7, 11) is 0. The molecule has 1 aliphatic rings. The van der Waals surface area contributed by atoms with Gasteiger partial charge in [0.15, 0.2) is 5.82 Å². The molecular weight excluding hydrogens is 282 g/mol. The number of amides is 1. The summed E-state index contributed by atoms with van der Waals surface area (Å²) in [5, 5.41) is 14.3. The van der Waals surface area contributed by atoms with Crippen molar-refractivity contribution in [2.45, 2.75) is 39.3 Å². The third-order valence-electron chi connectivity index (χ3n) is 3.80. The van der Waals surface area contributed by atoms with Gasteiger partial charge in [-0.2, -0.15) is 10.2 Å². The van der Waals surface area contributed by atoms with Crippen LogP contribution in [0.3, 0.4) is 0 Å². The zero-order valence-electron chi connectivity index (χ0n) is 12.9. The molecule has 8 nitrogen and oxygen atoms in total. The van der Waals surface area contributed by atoms with Gasteiger partial charge in [-0.15, -0.1) is 0 Å². The number of hydrogen-bond acceptors (Lipinski definition) is 5. The van der Waals surface area contributed by atoms with Crippen molar-refractivity contribution >= 4 is 11.7 Å². The van der Waals surface area contributed by atoms with Crippen LogP contribution in [0.25, 0.3) is 0 Å². The summed E-state index contributed by atoms with van der Waals surface area (Å²) in [4.78, 5) is 17.8. The Kier molecular flexibility index (Phi) is 4.19. The lowest BCUT2D eigenvalue weighted by molar-refractivity contribution is -0.114. The number of nitrogens with zero attached hydrogens (tertiary/aromatic N) is 5. The topological polar surface area (TPSA) is 91.7 Å². The maximum Gasteiger partial charge on any atom is 0.222 e. The lowest BCUT2D eigenvalue weighted by atomic mass is 10.3. The summed E-state index contributed by atoms with van der Waals surface area (Å²) < 4.78 is 1.93. The number of H-pyrrole nitrogens is 1. The van der Waals surface area contributed by atoms with E-state index in [0.29, 0.717) is 11.9 Å². The SMILES string of the molecule is CCc1n[nH]c(CN2CC[C@H](n3ccc(NC(C)=O)n3)C2)n1. The molecule has 22 heavy (non-hydrogen) atoms. The number of hydrogen-bond donors (Lipinski definition) is 2. The zero-order valence-corrected chi connectivity index (χ0v) is 12.9. The van der Waals surface area contributed by atoms with Gasteiger partial charge in [-0.25, -0.2) is 4.98 Å². The largest absolute Gasteiger partial charge is 0.309 e. The first-order valence-electron chi connectivity index (χ1n) is 7.59. The van der Waals surface area contributed by atoms with E-state index in [2.05, 4.69) is 30.5 Å². The Morgan fingerprint density at radius 1 is 1.55 bits per heavy atom. The van der Waals surface area contributed by atoms with E-state index in [-0.39, 0.29) is 5.91 Å². The molecule has 118 valence electrons. The highest BCUT2D eigenvalue weighted by molar-refractivity contribution is 5.87. The quantitative estimate of drug-likeness (QED) is 0.858. The van der Waals surface area contributed by atoms with Crippen LogP contribution < -0.4 is 5.32 Å². The highest BCUT2D eigenvalue weighted by Gasteiger charge is 2.25. The molecule has 2 N–H and O–H groups in total. The van der Waals surface area contributed by atoms with Crippen molar-refractivity contribution in [2.24, 2.45) is 0 Å². The normalized spacial score (nSPS) is 18.7. The fourth-order valence-corrected chi connectivity index (χ4v) is 2.74. The Labute approximate surface area is 128 Å². The summed E-state index contributed by atoms with van der Waals surface area (Å²) >= 11 is 0. The van der Waals surface area contributed by atoms with Gasteiger partial charge in [-0.3, -0.25) is 19.5 Å². The molecule has 0 aliphatic carbocycles. The van der Waals surface area contributed by atoms with Crippen molar-refractivity contribution in [1.29, 1.82) is 0 Å². The second kappa shape index (κ2) is 6.27. The van der Waals surface area contributed by atoms with E-state index in [4.69, 9.17) is 0 Å².